The molecule has 20 heavy (non-hydrogen) atoms. The molecule has 0 fully saturated rings. The second-order valence-corrected chi connectivity index (χ2v) is 4.42. The molecular formula is C15H17NO4. The van der Waals surface area contributed by atoms with Crippen molar-refractivity contribution in [3.8, 4) is 5.75 Å². The highest BCUT2D eigenvalue weighted by Crippen LogP contribution is 2.18. The smallest absolute Gasteiger partial charge is 0.291 e. The minimum Gasteiger partial charge on any atom is -0.491 e. The number of aliphatic hydroxyl groups excluding tert-OH is 1. The van der Waals surface area contributed by atoms with Gasteiger partial charge in [-0.2, -0.15) is 0 Å². The van der Waals surface area contributed by atoms with Crippen LogP contribution in [0.15, 0.2) is 34.7 Å². The van der Waals surface area contributed by atoms with Gasteiger partial charge in [-0.1, -0.05) is 0 Å². The first kappa shape index (κ1) is 14.1. The van der Waals surface area contributed by atoms with Gasteiger partial charge in [0.2, 0.25) is 0 Å². The summed E-state index contributed by atoms with van der Waals surface area (Å²) in [5.41, 5.74) is 1.46. The van der Waals surface area contributed by atoms with Crippen LogP contribution < -0.4 is 10.1 Å². The number of nitrogens with one attached hydrogen (secondary N) is 1. The summed E-state index contributed by atoms with van der Waals surface area (Å²) in [5, 5.41) is 11.4. The number of ether oxygens (including phenoxy) is 1. The SMILES string of the molecule is Cc1cc(C)c(C(=O)Nc2ccc(OCCO)cc2)o1. The summed E-state index contributed by atoms with van der Waals surface area (Å²) in [6.07, 6.45) is 0. The van der Waals surface area contributed by atoms with Crippen molar-refractivity contribution in [2.75, 3.05) is 18.5 Å². The Morgan fingerprint density at radius 2 is 2.00 bits per heavy atom. The molecule has 0 radical (unpaired) electrons. The Kier molecular flexibility index (Phi) is 4.42. The van der Waals surface area contributed by atoms with Gasteiger partial charge in [-0.05, 0) is 44.2 Å². The Hall–Kier alpha value is -2.27. The average molecular weight is 275 g/mol. The van der Waals surface area contributed by atoms with Gasteiger partial charge in [0.1, 0.15) is 18.1 Å². The van der Waals surface area contributed by atoms with E-state index >= 15 is 0 Å². The van der Waals surface area contributed by atoms with Crippen molar-refractivity contribution < 1.29 is 19.1 Å². The van der Waals surface area contributed by atoms with Gasteiger partial charge in [-0.25, -0.2) is 0 Å². The number of anilines is 1. The molecule has 1 amide bonds. The number of carbonyl (C=O) groups is 1. The second-order valence-electron chi connectivity index (χ2n) is 4.42. The number of hydrogen-bond donors (Lipinski definition) is 2. The summed E-state index contributed by atoms with van der Waals surface area (Å²) in [6, 6.07) is 8.74. The van der Waals surface area contributed by atoms with Crippen molar-refractivity contribution in [3.05, 3.63) is 47.4 Å². The molecular weight excluding hydrogens is 258 g/mol. The maximum atomic E-state index is 12.0. The first-order valence-electron chi connectivity index (χ1n) is 6.32. The van der Waals surface area contributed by atoms with Crippen molar-refractivity contribution in [2.24, 2.45) is 0 Å². The number of aryl methyl sites for hydroxylation is 2. The first-order valence-corrected chi connectivity index (χ1v) is 6.32. The fourth-order valence-corrected chi connectivity index (χ4v) is 1.85. The molecule has 0 aliphatic heterocycles. The third kappa shape index (κ3) is 3.39. The van der Waals surface area contributed by atoms with Gasteiger partial charge in [-0.3, -0.25) is 4.79 Å². The summed E-state index contributed by atoms with van der Waals surface area (Å²) in [5.74, 6) is 1.39. The number of amides is 1. The summed E-state index contributed by atoms with van der Waals surface area (Å²) in [6.45, 7) is 3.85. The van der Waals surface area contributed by atoms with Crippen LogP contribution in [0.3, 0.4) is 0 Å². The lowest BCUT2D eigenvalue weighted by molar-refractivity contribution is 0.0994. The molecule has 1 heterocycles. The number of hydrogen-bond acceptors (Lipinski definition) is 4. The molecule has 106 valence electrons. The topological polar surface area (TPSA) is 71.7 Å². The van der Waals surface area contributed by atoms with E-state index in [2.05, 4.69) is 5.32 Å². The quantitative estimate of drug-likeness (QED) is 0.879. The molecule has 0 saturated carbocycles. The van der Waals surface area contributed by atoms with E-state index in [1.165, 1.54) is 0 Å². The van der Waals surface area contributed by atoms with Gasteiger partial charge in [0.15, 0.2) is 5.76 Å². The van der Waals surface area contributed by atoms with Crippen LogP contribution in [0.4, 0.5) is 5.69 Å². The van der Waals surface area contributed by atoms with Crippen LogP contribution in [-0.2, 0) is 0 Å². The molecule has 0 atom stereocenters. The zero-order valence-electron chi connectivity index (χ0n) is 11.5. The van der Waals surface area contributed by atoms with E-state index in [-0.39, 0.29) is 19.1 Å². The maximum absolute atomic E-state index is 12.0. The lowest BCUT2D eigenvalue weighted by atomic mass is 10.2. The van der Waals surface area contributed by atoms with Gasteiger partial charge in [0, 0.05) is 11.3 Å². The lowest BCUT2D eigenvalue weighted by Gasteiger charge is -2.07. The second kappa shape index (κ2) is 6.25. The van der Waals surface area contributed by atoms with E-state index in [1.54, 1.807) is 31.2 Å². The molecule has 0 bridgehead atoms. The predicted molar refractivity (Wildman–Crippen MR) is 75.2 cm³/mol. The molecule has 0 aliphatic rings. The molecule has 1 aromatic carbocycles. The van der Waals surface area contributed by atoms with Crippen LogP contribution in [0.2, 0.25) is 0 Å². The van der Waals surface area contributed by atoms with Crippen LogP contribution in [-0.4, -0.2) is 24.2 Å². The molecule has 0 spiro atoms. The molecule has 2 N–H and O–H groups in total. The minimum absolute atomic E-state index is 0.0321. The van der Waals surface area contributed by atoms with Gasteiger partial charge >= 0.3 is 0 Å². The van der Waals surface area contributed by atoms with Crippen LogP contribution in [0.5, 0.6) is 5.75 Å². The Labute approximate surface area is 117 Å². The minimum atomic E-state index is -0.278. The highest BCUT2D eigenvalue weighted by molar-refractivity contribution is 6.03. The Bertz CT molecular complexity index is 586. The number of carbonyl (C=O) groups excluding carboxylic acids is 1. The molecule has 2 rings (SSSR count). The molecule has 5 heteroatoms. The van der Waals surface area contributed by atoms with Gasteiger partial charge in [-0.15, -0.1) is 0 Å². The normalized spacial score (nSPS) is 10.3. The van der Waals surface area contributed by atoms with Gasteiger partial charge in [0.25, 0.3) is 5.91 Å². The van der Waals surface area contributed by atoms with E-state index in [9.17, 15) is 4.79 Å². The predicted octanol–water partition coefficient (Wildman–Crippen LogP) is 2.52. The highest BCUT2D eigenvalue weighted by Gasteiger charge is 2.14. The van der Waals surface area contributed by atoms with Crippen molar-refractivity contribution in [1.82, 2.24) is 0 Å². The molecule has 0 unspecified atom stereocenters. The van der Waals surface area contributed by atoms with Crippen molar-refractivity contribution in [3.63, 3.8) is 0 Å². The average Bonchev–Trinajstić information content (AvgIpc) is 2.77. The van der Waals surface area contributed by atoms with Gasteiger partial charge < -0.3 is 19.6 Å². The Morgan fingerprint density at radius 3 is 2.55 bits per heavy atom. The summed E-state index contributed by atoms with van der Waals surface area (Å²) in [7, 11) is 0. The van der Waals surface area contributed by atoms with Crippen molar-refractivity contribution >= 4 is 11.6 Å². The fourth-order valence-electron chi connectivity index (χ4n) is 1.85. The number of benzene rings is 1. The number of rotatable bonds is 5. The molecule has 2 aromatic rings. The number of furan rings is 1. The highest BCUT2D eigenvalue weighted by atomic mass is 16.5. The Balaban J connectivity index is 2.02. The molecule has 0 saturated heterocycles. The molecule has 5 nitrogen and oxygen atoms in total. The van der Waals surface area contributed by atoms with E-state index in [0.717, 1.165) is 5.56 Å². The fraction of sp³-hybridized carbons (Fsp3) is 0.267. The summed E-state index contributed by atoms with van der Waals surface area (Å²) >= 11 is 0. The van der Waals surface area contributed by atoms with Crippen LogP contribution in [0, 0.1) is 13.8 Å². The van der Waals surface area contributed by atoms with Crippen LogP contribution in [0.25, 0.3) is 0 Å². The van der Waals surface area contributed by atoms with E-state index in [4.69, 9.17) is 14.3 Å². The zero-order valence-corrected chi connectivity index (χ0v) is 11.5. The van der Waals surface area contributed by atoms with E-state index < -0.39 is 0 Å². The maximum Gasteiger partial charge on any atom is 0.291 e. The number of aliphatic hydroxyl groups is 1. The summed E-state index contributed by atoms with van der Waals surface area (Å²) < 4.78 is 10.6. The first-order chi connectivity index (χ1) is 9.60. The summed E-state index contributed by atoms with van der Waals surface area (Å²) in [4.78, 5) is 12.0. The third-order valence-electron chi connectivity index (χ3n) is 2.72. The zero-order chi connectivity index (χ0) is 14.5. The van der Waals surface area contributed by atoms with Crippen molar-refractivity contribution in [1.29, 1.82) is 0 Å². The Morgan fingerprint density at radius 1 is 1.30 bits per heavy atom. The van der Waals surface area contributed by atoms with Gasteiger partial charge in [0.05, 0.1) is 6.61 Å². The van der Waals surface area contributed by atoms with E-state index in [0.29, 0.717) is 23.0 Å². The van der Waals surface area contributed by atoms with Crippen LogP contribution >= 0.6 is 0 Å². The van der Waals surface area contributed by atoms with E-state index in [1.807, 2.05) is 13.0 Å². The largest absolute Gasteiger partial charge is 0.491 e. The standard InChI is InChI=1S/C15H17NO4/c1-10-9-11(2)20-14(10)15(18)16-12-3-5-13(6-4-12)19-8-7-17/h3-6,9,17H,7-8H2,1-2H3,(H,16,18). The monoisotopic (exact) mass is 275 g/mol. The molecule has 1 aromatic heterocycles. The third-order valence-corrected chi connectivity index (χ3v) is 2.72. The molecule has 0 aliphatic carbocycles. The lowest BCUT2D eigenvalue weighted by Crippen LogP contribution is -2.12. The van der Waals surface area contributed by atoms with Crippen molar-refractivity contribution in [2.45, 2.75) is 13.8 Å². The van der Waals surface area contributed by atoms with Crippen LogP contribution in [0.1, 0.15) is 21.9 Å².